The van der Waals surface area contributed by atoms with Crippen LogP contribution in [0.15, 0.2) is 89.7 Å². The van der Waals surface area contributed by atoms with E-state index in [2.05, 4.69) is 25.8 Å². The van der Waals surface area contributed by atoms with Crippen molar-refractivity contribution in [1.82, 2.24) is 4.98 Å². The molecular weight excluding hydrogens is 474 g/mol. The minimum absolute atomic E-state index is 0.0101. The number of para-hydroxylation sites is 1. The van der Waals surface area contributed by atoms with Crippen molar-refractivity contribution in [3.8, 4) is 11.5 Å². The number of hydrogen-bond donors (Lipinski definition) is 1. The van der Waals surface area contributed by atoms with E-state index in [0.717, 1.165) is 35.7 Å². The Morgan fingerprint density at radius 3 is 2.47 bits per heavy atom. The van der Waals surface area contributed by atoms with E-state index in [9.17, 15) is 14.7 Å². The number of pyridine rings is 1. The van der Waals surface area contributed by atoms with Gasteiger partial charge in [0.25, 0.3) is 0 Å². The molecule has 1 aliphatic carbocycles. The number of carbonyl (C=O) groups is 2. The van der Waals surface area contributed by atoms with Crippen molar-refractivity contribution in [1.29, 1.82) is 0 Å². The molecular formula is C33H33NO4. The lowest BCUT2D eigenvalue weighted by molar-refractivity contribution is -0.116. The summed E-state index contributed by atoms with van der Waals surface area (Å²) < 4.78 is 5.15. The number of phenolic OH excluding ortho intramolecular Hbond substituents is 1. The second-order valence-electron chi connectivity index (χ2n) is 10.3. The zero-order chi connectivity index (χ0) is 27.3. The average molecular weight is 508 g/mol. The normalized spacial score (nSPS) is 15.9. The van der Waals surface area contributed by atoms with Gasteiger partial charge in [-0.3, -0.25) is 14.6 Å². The summed E-state index contributed by atoms with van der Waals surface area (Å²) in [7, 11) is 1.46. The minimum atomic E-state index is -0.423. The lowest BCUT2D eigenvalue weighted by atomic mass is 9.72. The van der Waals surface area contributed by atoms with Crippen LogP contribution in [0, 0.1) is 5.41 Å². The van der Waals surface area contributed by atoms with Crippen LogP contribution in [0.5, 0.6) is 11.5 Å². The van der Waals surface area contributed by atoms with Crippen molar-refractivity contribution in [2.24, 2.45) is 5.41 Å². The number of rotatable bonds is 8. The van der Waals surface area contributed by atoms with Crippen molar-refractivity contribution in [2.75, 3.05) is 7.11 Å². The highest BCUT2D eigenvalue weighted by atomic mass is 16.5. The van der Waals surface area contributed by atoms with Gasteiger partial charge < -0.3 is 9.84 Å². The van der Waals surface area contributed by atoms with Crippen molar-refractivity contribution in [3.63, 3.8) is 0 Å². The Kier molecular flexibility index (Phi) is 8.06. The smallest absolute Gasteiger partial charge is 0.189 e. The molecule has 5 nitrogen and oxygen atoms in total. The van der Waals surface area contributed by atoms with Gasteiger partial charge in [0.1, 0.15) is 0 Å². The lowest BCUT2D eigenvalue weighted by Gasteiger charge is -2.32. The topological polar surface area (TPSA) is 76.5 Å². The first-order valence-corrected chi connectivity index (χ1v) is 12.8. The predicted molar refractivity (Wildman–Crippen MR) is 153 cm³/mol. The molecule has 1 heterocycles. The van der Waals surface area contributed by atoms with Gasteiger partial charge in [0, 0.05) is 11.6 Å². The minimum Gasteiger partial charge on any atom is -0.504 e. The molecule has 3 aromatic rings. The summed E-state index contributed by atoms with van der Waals surface area (Å²) in [6.45, 7) is 6.50. The highest BCUT2D eigenvalue weighted by Crippen LogP contribution is 2.40. The SMILES string of the molecule is COc1cc(C=CC(=O)C(=Cc2cnc3ccccc3c2)C(=O)C=CC2=C(C)CCCC2(C)C)ccc1O. The van der Waals surface area contributed by atoms with E-state index in [-0.39, 0.29) is 22.5 Å². The first kappa shape index (κ1) is 26.8. The van der Waals surface area contributed by atoms with Gasteiger partial charge in [0.05, 0.1) is 18.2 Å². The van der Waals surface area contributed by atoms with Gasteiger partial charge in [0.15, 0.2) is 23.1 Å². The number of benzene rings is 2. The summed E-state index contributed by atoms with van der Waals surface area (Å²) in [5, 5.41) is 10.8. The van der Waals surface area contributed by atoms with Crippen LogP contribution in [0.3, 0.4) is 0 Å². The molecule has 0 radical (unpaired) electrons. The summed E-state index contributed by atoms with van der Waals surface area (Å²) in [4.78, 5) is 31.3. The third kappa shape index (κ3) is 6.17. The Bertz CT molecular complexity index is 1500. The molecule has 0 saturated carbocycles. The zero-order valence-corrected chi connectivity index (χ0v) is 22.3. The number of carbonyl (C=O) groups excluding carboxylic acids is 2. The summed E-state index contributed by atoms with van der Waals surface area (Å²) >= 11 is 0. The zero-order valence-electron chi connectivity index (χ0n) is 22.3. The van der Waals surface area contributed by atoms with Gasteiger partial charge in [-0.15, -0.1) is 0 Å². The molecule has 0 unspecified atom stereocenters. The monoisotopic (exact) mass is 507 g/mol. The lowest BCUT2D eigenvalue weighted by Crippen LogP contribution is -2.19. The second kappa shape index (κ2) is 11.4. The van der Waals surface area contributed by atoms with Gasteiger partial charge in [-0.05, 0) is 90.8 Å². The number of ether oxygens (including phenoxy) is 1. The van der Waals surface area contributed by atoms with E-state index >= 15 is 0 Å². The van der Waals surface area contributed by atoms with Crippen LogP contribution in [0.25, 0.3) is 23.1 Å². The first-order valence-electron chi connectivity index (χ1n) is 12.8. The van der Waals surface area contributed by atoms with E-state index in [1.165, 1.54) is 30.9 Å². The molecule has 0 bridgehead atoms. The van der Waals surface area contributed by atoms with Crippen LogP contribution < -0.4 is 4.74 Å². The maximum atomic E-state index is 13.5. The van der Waals surface area contributed by atoms with E-state index < -0.39 is 5.78 Å². The molecule has 1 aliphatic rings. The third-order valence-corrected chi connectivity index (χ3v) is 7.03. The van der Waals surface area contributed by atoms with Crippen LogP contribution >= 0.6 is 0 Å². The molecule has 2 aromatic carbocycles. The number of hydrogen-bond acceptors (Lipinski definition) is 5. The van der Waals surface area contributed by atoms with Crippen molar-refractivity contribution < 1.29 is 19.4 Å². The number of aromatic hydroxyl groups is 1. The molecule has 5 heteroatoms. The van der Waals surface area contributed by atoms with Crippen LogP contribution in [0.4, 0.5) is 0 Å². The Labute approximate surface area is 223 Å². The van der Waals surface area contributed by atoms with E-state index in [4.69, 9.17) is 4.74 Å². The highest BCUT2D eigenvalue weighted by molar-refractivity contribution is 6.30. The standard InChI is InChI=1S/C33H33NO4/c1-22-8-7-17-33(2,3)27(22)13-16-30(36)26(19-24-18-25-9-5-6-10-28(25)34-21-24)29(35)14-11-23-12-15-31(37)32(20-23)38-4/h5-6,9-16,18-21,37H,7-8,17H2,1-4H3. The van der Waals surface area contributed by atoms with Crippen LogP contribution in [0.1, 0.15) is 51.2 Å². The fourth-order valence-corrected chi connectivity index (χ4v) is 4.92. The maximum Gasteiger partial charge on any atom is 0.189 e. The number of nitrogens with zero attached hydrogens (tertiary/aromatic N) is 1. The fraction of sp³-hybridized carbons (Fsp3) is 0.242. The molecule has 0 atom stereocenters. The number of ketones is 2. The number of methoxy groups -OCH3 is 1. The van der Waals surface area contributed by atoms with Gasteiger partial charge in [-0.1, -0.05) is 55.8 Å². The molecule has 0 fully saturated rings. The van der Waals surface area contributed by atoms with Crippen molar-refractivity contribution in [2.45, 2.75) is 40.0 Å². The molecule has 0 aliphatic heterocycles. The Balaban J connectivity index is 1.70. The van der Waals surface area contributed by atoms with Crippen molar-refractivity contribution >= 4 is 34.6 Å². The van der Waals surface area contributed by atoms with Gasteiger partial charge in [0.2, 0.25) is 0 Å². The Hall–Kier alpha value is -4.25. The predicted octanol–water partition coefficient (Wildman–Crippen LogP) is 7.27. The summed E-state index contributed by atoms with van der Waals surface area (Å²) in [6.07, 6.45) is 12.8. The third-order valence-electron chi connectivity index (χ3n) is 7.03. The second-order valence-corrected chi connectivity index (χ2v) is 10.3. The van der Waals surface area contributed by atoms with Gasteiger partial charge in [-0.25, -0.2) is 0 Å². The quantitative estimate of drug-likeness (QED) is 0.197. The number of phenols is 1. The molecule has 1 aromatic heterocycles. The molecule has 0 saturated heterocycles. The van der Waals surface area contributed by atoms with Crippen LogP contribution in [-0.4, -0.2) is 28.8 Å². The molecule has 1 N–H and O–H groups in total. The van der Waals surface area contributed by atoms with Gasteiger partial charge in [-0.2, -0.15) is 0 Å². The summed E-state index contributed by atoms with van der Waals surface area (Å²) in [5.74, 6) is -0.475. The van der Waals surface area contributed by atoms with Crippen molar-refractivity contribution in [3.05, 3.63) is 101 Å². The summed E-state index contributed by atoms with van der Waals surface area (Å²) in [6, 6.07) is 14.4. The van der Waals surface area contributed by atoms with E-state index in [1.54, 1.807) is 30.5 Å². The largest absolute Gasteiger partial charge is 0.504 e. The number of fused-ring (bicyclic) bond motifs is 1. The first-order chi connectivity index (χ1) is 18.2. The van der Waals surface area contributed by atoms with Gasteiger partial charge >= 0.3 is 0 Å². The molecule has 0 spiro atoms. The maximum absolute atomic E-state index is 13.5. The molecule has 4 rings (SSSR count). The van der Waals surface area contributed by atoms with E-state index in [0.29, 0.717) is 16.9 Å². The average Bonchev–Trinajstić information content (AvgIpc) is 2.90. The highest BCUT2D eigenvalue weighted by Gasteiger charge is 2.27. The Morgan fingerprint density at radius 2 is 1.74 bits per heavy atom. The number of allylic oxidation sites excluding steroid dienone is 6. The number of aromatic nitrogens is 1. The van der Waals surface area contributed by atoms with Crippen LogP contribution in [0.2, 0.25) is 0 Å². The molecule has 0 amide bonds. The molecule has 194 valence electrons. The van der Waals surface area contributed by atoms with Crippen LogP contribution in [-0.2, 0) is 9.59 Å². The Morgan fingerprint density at radius 1 is 1.00 bits per heavy atom. The fourth-order valence-electron chi connectivity index (χ4n) is 4.92. The summed E-state index contributed by atoms with van der Waals surface area (Å²) in [5.41, 5.74) is 4.63. The molecule has 38 heavy (non-hydrogen) atoms. The van der Waals surface area contributed by atoms with E-state index in [1.807, 2.05) is 36.4 Å².